The van der Waals surface area contributed by atoms with Crippen LogP contribution in [0.15, 0.2) is 24.3 Å². The van der Waals surface area contributed by atoms with Gasteiger partial charge in [-0.05, 0) is 50.9 Å². The van der Waals surface area contributed by atoms with E-state index in [0.29, 0.717) is 5.75 Å². The number of aromatic hydroxyl groups is 1. The molecule has 1 aromatic rings. The first-order chi connectivity index (χ1) is 10.6. The molecule has 0 saturated heterocycles. The van der Waals surface area contributed by atoms with Crippen LogP contribution in [-0.2, 0) is 11.2 Å². The molecule has 3 nitrogen and oxygen atoms in total. The third kappa shape index (κ3) is 13.6. The summed E-state index contributed by atoms with van der Waals surface area (Å²) < 4.78 is 0. The van der Waals surface area contributed by atoms with Crippen molar-refractivity contribution in [2.45, 2.75) is 73.8 Å². The molecule has 1 aromatic carbocycles. The Labute approximate surface area is 138 Å². The second-order valence-corrected chi connectivity index (χ2v) is 4.01. The van der Waals surface area contributed by atoms with E-state index in [2.05, 4.69) is 5.32 Å². The van der Waals surface area contributed by atoms with Gasteiger partial charge in [-0.25, -0.2) is 0 Å². The lowest BCUT2D eigenvalue weighted by Gasteiger charge is -2.12. The molecule has 0 fully saturated rings. The van der Waals surface area contributed by atoms with E-state index in [-0.39, 0.29) is 11.8 Å². The molecule has 0 aliphatic heterocycles. The molecule has 0 radical (unpaired) electrons. The number of aryl methyl sites for hydroxylation is 1. The number of carbonyl (C=O) groups excluding carboxylic acids is 1. The van der Waals surface area contributed by atoms with Gasteiger partial charge in [-0.2, -0.15) is 0 Å². The van der Waals surface area contributed by atoms with Crippen molar-refractivity contribution in [3.8, 4) is 5.75 Å². The Kier molecular flexibility index (Phi) is 22.9. The number of rotatable bonds is 6. The summed E-state index contributed by atoms with van der Waals surface area (Å²) in [7, 11) is 1.81. The lowest BCUT2D eigenvalue weighted by Crippen LogP contribution is -2.32. The van der Waals surface area contributed by atoms with Crippen LogP contribution in [-0.4, -0.2) is 24.0 Å². The minimum Gasteiger partial charge on any atom is -0.508 e. The van der Waals surface area contributed by atoms with Crippen molar-refractivity contribution >= 4 is 5.78 Å². The van der Waals surface area contributed by atoms with Crippen LogP contribution in [0, 0.1) is 0 Å². The highest BCUT2D eigenvalue weighted by Crippen LogP contribution is 2.13. The maximum atomic E-state index is 11.2. The zero-order valence-corrected chi connectivity index (χ0v) is 15.9. The fraction of sp³-hybridized carbons (Fsp3) is 0.632. The number of Topliss-reactive ketones (excluding diaryl/α,β-unsaturated/α-hetero) is 1. The fourth-order valence-corrected chi connectivity index (χ4v) is 1.77. The maximum Gasteiger partial charge on any atom is 0.146 e. The molecule has 0 heterocycles. The molecule has 22 heavy (non-hydrogen) atoms. The van der Waals surface area contributed by atoms with Gasteiger partial charge in [-0.15, -0.1) is 0 Å². The number of hydrogen-bond donors (Lipinski definition) is 2. The van der Waals surface area contributed by atoms with Crippen molar-refractivity contribution in [2.75, 3.05) is 7.05 Å². The van der Waals surface area contributed by atoms with E-state index in [1.165, 1.54) is 0 Å². The van der Waals surface area contributed by atoms with Gasteiger partial charge in [-0.3, -0.25) is 4.79 Å². The number of phenolic OH excluding ortho intramolecular Hbond substituents is 1. The molecular formula is C19H37NO2. The van der Waals surface area contributed by atoms with E-state index >= 15 is 0 Å². The van der Waals surface area contributed by atoms with Crippen molar-refractivity contribution in [2.24, 2.45) is 0 Å². The lowest BCUT2D eigenvalue weighted by molar-refractivity contribution is -0.119. The second-order valence-electron chi connectivity index (χ2n) is 4.01. The Balaban J connectivity index is -0.000000535. The summed E-state index contributed by atoms with van der Waals surface area (Å²) >= 11 is 0. The van der Waals surface area contributed by atoms with Crippen LogP contribution in [0.3, 0.4) is 0 Å². The summed E-state index contributed by atoms with van der Waals surface area (Å²) in [5, 5.41) is 12.3. The van der Waals surface area contributed by atoms with E-state index in [1.54, 1.807) is 26.1 Å². The van der Waals surface area contributed by atoms with Crippen molar-refractivity contribution in [3.05, 3.63) is 29.8 Å². The van der Waals surface area contributed by atoms with Gasteiger partial charge in [0.05, 0.1) is 6.04 Å². The molecule has 1 atom stereocenters. The van der Waals surface area contributed by atoms with Crippen LogP contribution in [0.2, 0.25) is 0 Å². The highest BCUT2D eigenvalue weighted by Gasteiger charge is 2.10. The third-order valence-electron chi connectivity index (χ3n) is 2.71. The minimum absolute atomic E-state index is 0.0442. The molecule has 0 amide bonds. The predicted molar refractivity (Wildman–Crippen MR) is 98.6 cm³/mol. The molecule has 0 bridgehead atoms. The molecule has 0 aromatic heterocycles. The summed E-state index contributed by atoms with van der Waals surface area (Å²) in [5.41, 5.74) is 1.11. The molecule has 3 heteroatoms. The monoisotopic (exact) mass is 311 g/mol. The number of ketones is 1. The van der Waals surface area contributed by atoms with Crippen LogP contribution < -0.4 is 5.32 Å². The van der Waals surface area contributed by atoms with Gasteiger partial charge >= 0.3 is 0 Å². The van der Waals surface area contributed by atoms with Gasteiger partial charge in [-0.1, -0.05) is 53.7 Å². The number of benzene rings is 1. The topological polar surface area (TPSA) is 49.3 Å². The summed E-state index contributed by atoms with van der Waals surface area (Å²) in [6.07, 6.45) is 2.66. The predicted octanol–water partition coefficient (Wildman–Crippen LogP) is 4.97. The molecule has 0 aliphatic rings. The largest absolute Gasteiger partial charge is 0.508 e. The zero-order chi connectivity index (χ0) is 18.0. The number of likely N-dealkylation sites (N-methyl/N-ethyl adjacent to an activating group) is 1. The Morgan fingerprint density at radius 2 is 1.68 bits per heavy atom. The molecule has 130 valence electrons. The highest BCUT2D eigenvalue weighted by atomic mass is 16.3. The first kappa shape index (κ1) is 25.6. The SMILES string of the molecule is CC.CC.CC.CNC(CCCc1cccc(O)c1)C(C)=O. The molecule has 2 N–H and O–H groups in total. The van der Waals surface area contributed by atoms with Crippen LogP contribution in [0.4, 0.5) is 0 Å². The van der Waals surface area contributed by atoms with E-state index in [4.69, 9.17) is 0 Å². The van der Waals surface area contributed by atoms with E-state index in [0.717, 1.165) is 24.8 Å². The Bertz CT molecular complexity index is 351. The van der Waals surface area contributed by atoms with Gasteiger partial charge < -0.3 is 10.4 Å². The third-order valence-corrected chi connectivity index (χ3v) is 2.71. The molecule has 1 unspecified atom stereocenters. The van der Waals surface area contributed by atoms with Crippen molar-refractivity contribution in [1.82, 2.24) is 5.32 Å². The Hall–Kier alpha value is -1.35. The fourth-order valence-electron chi connectivity index (χ4n) is 1.77. The van der Waals surface area contributed by atoms with Crippen molar-refractivity contribution < 1.29 is 9.90 Å². The first-order valence-electron chi connectivity index (χ1n) is 8.59. The summed E-state index contributed by atoms with van der Waals surface area (Å²) in [6.45, 7) is 13.6. The average molecular weight is 312 g/mol. The van der Waals surface area contributed by atoms with Gasteiger partial charge in [0.25, 0.3) is 0 Å². The van der Waals surface area contributed by atoms with E-state index in [1.807, 2.05) is 53.7 Å². The number of nitrogens with one attached hydrogen (secondary N) is 1. The molecule has 1 rings (SSSR count). The Morgan fingerprint density at radius 3 is 2.09 bits per heavy atom. The standard InChI is InChI=1S/C13H19NO2.3C2H6/c1-10(15)13(14-2)8-4-6-11-5-3-7-12(16)9-11;3*1-2/h3,5,7,9,13-14,16H,4,6,8H2,1-2H3;3*1-2H3. The van der Waals surface area contributed by atoms with Gasteiger partial charge in [0.2, 0.25) is 0 Å². The normalized spacial score (nSPS) is 9.82. The quantitative estimate of drug-likeness (QED) is 0.779. The van der Waals surface area contributed by atoms with Crippen LogP contribution in [0.1, 0.15) is 66.9 Å². The summed E-state index contributed by atoms with van der Waals surface area (Å²) in [5.74, 6) is 0.479. The Morgan fingerprint density at radius 1 is 1.14 bits per heavy atom. The van der Waals surface area contributed by atoms with Gasteiger partial charge in [0, 0.05) is 0 Å². The molecule has 0 aliphatic carbocycles. The van der Waals surface area contributed by atoms with E-state index < -0.39 is 0 Å². The lowest BCUT2D eigenvalue weighted by atomic mass is 10.0. The highest BCUT2D eigenvalue weighted by molar-refractivity contribution is 5.81. The number of carbonyl (C=O) groups is 1. The summed E-state index contributed by atoms with van der Waals surface area (Å²) in [6, 6.07) is 7.21. The second kappa shape index (κ2) is 19.7. The average Bonchev–Trinajstić information content (AvgIpc) is 2.57. The van der Waals surface area contributed by atoms with Crippen LogP contribution in [0.25, 0.3) is 0 Å². The van der Waals surface area contributed by atoms with Crippen LogP contribution >= 0.6 is 0 Å². The summed E-state index contributed by atoms with van der Waals surface area (Å²) in [4.78, 5) is 11.2. The smallest absolute Gasteiger partial charge is 0.146 e. The number of hydrogen-bond acceptors (Lipinski definition) is 3. The maximum absolute atomic E-state index is 11.2. The minimum atomic E-state index is -0.0442. The van der Waals surface area contributed by atoms with Gasteiger partial charge in [0.1, 0.15) is 11.5 Å². The van der Waals surface area contributed by atoms with Crippen molar-refractivity contribution in [3.63, 3.8) is 0 Å². The molecule has 0 saturated carbocycles. The van der Waals surface area contributed by atoms with E-state index in [9.17, 15) is 9.90 Å². The number of phenols is 1. The zero-order valence-electron chi connectivity index (χ0n) is 15.9. The first-order valence-corrected chi connectivity index (χ1v) is 8.59. The molecule has 0 spiro atoms. The van der Waals surface area contributed by atoms with Gasteiger partial charge in [0.15, 0.2) is 0 Å². The molecular weight excluding hydrogens is 274 g/mol. The van der Waals surface area contributed by atoms with Crippen molar-refractivity contribution in [1.29, 1.82) is 0 Å². The van der Waals surface area contributed by atoms with Crippen LogP contribution in [0.5, 0.6) is 5.75 Å².